The van der Waals surface area contributed by atoms with Crippen LogP contribution in [0.2, 0.25) is 0 Å². The third-order valence-electron chi connectivity index (χ3n) is 5.80. The Morgan fingerprint density at radius 2 is 2.03 bits per heavy atom. The van der Waals surface area contributed by atoms with Gasteiger partial charge in [-0.2, -0.15) is 0 Å². The Kier molecular flexibility index (Phi) is 7.75. The van der Waals surface area contributed by atoms with Gasteiger partial charge in [-0.1, -0.05) is 19.8 Å². The minimum Gasteiger partial charge on any atom is -0.495 e. The summed E-state index contributed by atoms with van der Waals surface area (Å²) >= 11 is 0. The number of urea groups is 1. The molecule has 2 N–H and O–H groups in total. The predicted octanol–water partition coefficient (Wildman–Crippen LogP) is 3.93. The zero-order valence-corrected chi connectivity index (χ0v) is 17.5. The molecular formula is C22H33N3O4. The molecule has 1 aliphatic heterocycles. The van der Waals surface area contributed by atoms with E-state index in [0.29, 0.717) is 55.3 Å². The maximum Gasteiger partial charge on any atom is 0.319 e. The number of hydrogen-bond donors (Lipinski definition) is 2. The van der Waals surface area contributed by atoms with Crippen LogP contribution in [0.25, 0.3) is 0 Å². The normalized spacial score (nSPS) is 22.3. The number of nitrogens with zero attached hydrogens (tertiary/aromatic N) is 1. The molecule has 0 unspecified atom stereocenters. The summed E-state index contributed by atoms with van der Waals surface area (Å²) in [7, 11) is 1.58. The fourth-order valence-corrected chi connectivity index (χ4v) is 4.12. The van der Waals surface area contributed by atoms with E-state index < -0.39 is 0 Å². The summed E-state index contributed by atoms with van der Waals surface area (Å²) in [5.74, 6) is 1.30. The lowest BCUT2D eigenvalue weighted by Gasteiger charge is -2.29. The van der Waals surface area contributed by atoms with Crippen molar-refractivity contribution in [1.29, 1.82) is 0 Å². The van der Waals surface area contributed by atoms with Crippen molar-refractivity contribution in [3.05, 3.63) is 18.2 Å². The Bertz CT molecular complexity index is 709. The first-order chi connectivity index (χ1) is 14.1. The average molecular weight is 404 g/mol. The summed E-state index contributed by atoms with van der Waals surface area (Å²) in [5, 5.41) is 5.67. The molecule has 0 aromatic heterocycles. The van der Waals surface area contributed by atoms with Crippen LogP contribution in [0.15, 0.2) is 18.2 Å². The average Bonchev–Trinajstić information content (AvgIpc) is 2.73. The number of carbonyl (C=O) groups is 2. The van der Waals surface area contributed by atoms with E-state index in [0.717, 1.165) is 19.3 Å². The van der Waals surface area contributed by atoms with Gasteiger partial charge in [-0.15, -0.1) is 0 Å². The number of ether oxygens (including phenoxy) is 2. The Balaban J connectivity index is 1.50. The molecule has 0 bridgehead atoms. The smallest absolute Gasteiger partial charge is 0.319 e. The molecule has 7 nitrogen and oxygen atoms in total. The Morgan fingerprint density at radius 1 is 1.21 bits per heavy atom. The van der Waals surface area contributed by atoms with Gasteiger partial charge in [-0.3, -0.25) is 4.79 Å². The molecule has 1 saturated carbocycles. The third-order valence-corrected chi connectivity index (χ3v) is 5.80. The molecule has 1 heterocycles. The van der Waals surface area contributed by atoms with Gasteiger partial charge in [0.1, 0.15) is 5.75 Å². The number of benzene rings is 1. The molecule has 3 amide bonds. The summed E-state index contributed by atoms with van der Waals surface area (Å²) < 4.78 is 11.3. The van der Waals surface area contributed by atoms with Crippen LogP contribution >= 0.6 is 0 Å². The second-order valence-corrected chi connectivity index (χ2v) is 7.94. The first-order valence-electron chi connectivity index (χ1n) is 10.7. The molecule has 0 radical (unpaired) electrons. The lowest BCUT2D eigenvalue weighted by molar-refractivity contribution is -0.119. The Labute approximate surface area is 173 Å². The van der Waals surface area contributed by atoms with E-state index >= 15 is 0 Å². The van der Waals surface area contributed by atoms with Gasteiger partial charge >= 0.3 is 6.03 Å². The monoisotopic (exact) mass is 403 g/mol. The number of nitrogens with one attached hydrogen (secondary N) is 2. The zero-order valence-electron chi connectivity index (χ0n) is 17.5. The first-order valence-corrected chi connectivity index (χ1v) is 10.7. The van der Waals surface area contributed by atoms with Crippen molar-refractivity contribution in [3.63, 3.8) is 0 Å². The molecule has 1 aliphatic carbocycles. The highest BCUT2D eigenvalue weighted by atomic mass is 16.5. The highest BCUT2D eigenvalue weighted by Gasteiger charge is 2.23. The van der Waals surface area contributed by atoms with Crippen LogP contribution in [0.4, 0.5) is 16.2 Å². The molecule has 3 rings (SSSR count). The largest absolute Gasteiger partial charge is 0.495 e. The molecule has 2 fully saturated rings. The van der Waals surface area contributed by atoms with Crippen LogP contribution < -0.4 is 20.3 Å². The van der Waals surface area contributed by atoms with Gasteiger partial charge < -0.3 is 25.0 Å². The summed E-state index contributed by atoms with van der Waals surface area (Å²) in [6, 6.07) is 5.06. The molecule has 7 heteroatoms. The van der Waals surface area contributed by atoms with E-state index in [1.165, 1.54) is 19.3 Å². The molecule has 0 spiro atoms. The molecule has 1 aromatic carbocycles. The molecule has 1 aromatic rings. The summed E-state index contributed by atoms with van der Waals surface area (Å²) in [6.45, 7) is 3.88. The SMILES string of the molecule is COc1ccc(NC(=O)NCCO[C@@H]2CCCC[C@H]2C)cc1N1CCCCC1=O. The number of amides is 3. The fraction of sp³-hybridized carbons (Fsp3) is 0.636. The van der Waals surface area contributed by atoms with Gasteiger partial charge in [0, 0.05) is 25.2 Å². The van der Waals surface area contributed by atoms with E-state index in [2.05, 4.69) is 17.6 Å². The van der Waals surface area contributed by atoms with Gasteiger partial charge in [0.15, 0.2) is 0 Å². The van der Waals surface area contributed by atoms with Gasteiger partial charge in [-0.25, -0.2) is 4.79 Å². The highest BCUT2D eigenvalue weighted by molar-refractivity contribution is 5.97. The molecule has 2 aliphatic rings. The topological polar surface area (TPSA) is 79.9 Å². The first kappa shape index (κ1) is 21.4. The Hall–Kier alpha value is -2.28. The summed E-state index contributed by atoms with van der Waals surface area (Å²) in [5.41, 5.74) is 1.32. The maximum absolute atomic E-state index is 12.3. The van der Waals surface area contributed by atoms with Crippen LogP contribution in [0.3, 0.4) is 0 Å². The fourth-order valence-electron chi connectivity index (χ4n) is 4.12. The quantitative estimate of drug-likeness (QED) is 0.676. The number of piperidine rings is 1. The van der Waals surface area contributed by atoms with Crippen molar-refractivity contribution < 1.29 is 19.1 Å². The second kappa shape index (κ2) is 10.5. The van der Waals surface area contributed by atoms with E-state index in [9.17, 15) is 9.59 Å². The molecule has 2 atom stereocenters. The summed E-state index contributed by atoms with van der Waals surface area (Å²) in [6.07, 6.45) is 7.57. The number of carbonyl (C=O) groups excluding carboxylic acids is 2. The number of hydrogen-bond acceptors (Lipinski definition) is 4. The number of anilines is 2. The van der Waals surface area contributed by atoms with Gasteiger partial charge in [0.2, 0.25) is 5.91 Å². The van der Waals surface area contributed by atoms with E-state index in [1.54, 1.807) is 30.2 Å². The molecule has 1 saturated heterocycles. The summed E-state index contributed by atoms with van der Waals surface area (Å²) in [4.78, 5) is 26.3. The minimum absolute atomic E-state index is 0.0882. The lowest BCUT2D eigenvalue weighted by Crippen LogP contribution is -2.36. The van der Waals surface area contributed by atoms with Gasteiger partial charge in [0.25, 0.3) is 0 Å². The van der Waals surface area contributed by atoms with E-state index in [-0.39, 0.29) is 11.9 Å². The zero-order chi connectivity index (χ0) is 20.6. The van der Waals surface area contributed by atoms with Crippen molar-refractivity contribution in [2.45, 2.75) is 58.0 Å². The van der Waals surface area contributed by atoms with Crippen molar-refractivity contribution in [1.82, 2.24) is 5.32 Å². The van der Waals surface area contributed by atoms with Crippen molar-refractivity contribution in [3.8, 4) is 5.75 Å². The van der Waals surface area contributed by atoms with Crippen LogP contribution in [0.1, 0.15) is 51.9 Å². The molecular weight excluding hydrogens is 370 g/mol. The van der Waals surface area contributed by atoms with Crippen LogP contribution in [0.5, 0.6) is 5.75 Å². The lowest BCUT2D eigenvalue weighted by atomic mass is 9.88. The number of rotatable bonds is 7. The minimum atomic E-state index is -0.286. The molecule has 29 heavy (non-hydrogen) atoms. The second-order valence-electron chi connectivity index (χ2n) is 7.94. The highest BCUT2D eigenvalue weighted by Crippen LogP contribution is 2.33. The van der Waals surface area contributed by atoms with E-state index in [4.69, 9.17) is 9.47 Å². The van der Waals surface area contributed by atoms with E-state index in [1.807, 2.05) is 0 Å². The predicted molar refractivity (Wildman–Crippen MR) is 114 cm³/mol. The van der Waals surface area contributed by atoms with Crippen LogP contribution in [0, 0.1) is 5.92 Å². The third kappa shape index (κ3) is 5.85. The van der Waals surface area contributed by atoms with Crippen molar-refractivity contribution >= 4 is 23.3 Å². The number of methoxy groups -OCH3 is 1. The van der Waals surface area contributed by atoms with Gasteiger partial charge in [0.05, 0.1) is 25.5 Å². The van der Waals surface area contributed by atoms with Crippen LogP contribution in [-0.2, 0) is 9.53 Å². The van der Waals surface area contributed by atoms with Crippen molar-refractivity contribution in [2.24, 2.45) is 5.92 Å². The van der Waals surface area contributed by atoms with Crippen molar-refractivity contribution in [2.75, 3.05) is 37.0 Å². The van der Waals surface area contributed by atoms with Crippen LogP contribution in [-0.4, -0.2) is 44.8 Å². The Morgan fingerprint density at radius 3 is 2.79 bits per heavy atom. The standard InChI is InChI=1S/C22H33N3O4/c1-16-7-3-4-8-19(16)29-14-12-23-22(27)24-17-10-11-20(28-2)18(15-17)25-13-6-5-9-21(25)26/h10-11,15-16,19H,3-9,12-14H2,1-2H3,(H2,23,24,27)/t16-,19-/m1/s1. The van der Waals surface area contributed by atoms with Gasteiger partial charge in [-0.05, 0) is 49.8 Å². The maximum atomic E-state index is 12.3. The molecule has 160 valence electrons.